The van der Waals surface area contributed by atoms with Crippen LogP contribution in [0, 0.1) is 5.92 Å². The third-order valence-electron chi connectivity index (χ3n) is 4.26. The van der Waals surface area contributed by atoms with Crippen molar-refractivity contribution in [3.05, 3.63) is 24.3 Å². The van der Waals surface area contributed by atoms with Gasteiger partial charge >= 0.3 is 0 Å². The quantitative estimate of drug-likeness (QED) is 0.881. The number of nitrogens with one attached hydrogen (secondary N) is 2. The fraction of sp³-hybridized carbons (Fsp3) is 0.562. The summed E-state index contributed by atoms with van der Waals surface area (Å²) in [6.07, 6.45) is 4.23. The average molecular weight is 346 g/mol. The van der Waals surface area contributed by atoms with Gasteiger partial charge in [-0.05, 0) is 50.4 Å². The van der Waals surface area contributed by atoms with Crippen molar-refractivity contribution >= 4 is 42.1 Å². The number of hydrogen-bond acceptors (Lipinski definition) is 3. The molecule has 2 N–H and O–H groups in total. The van der Waals surface area contributed by atoms with E-state index >= 15 is 0 Å². The van der Waals surface area contributed by atoms with Crippen LogP contribution in [0.15, 0.2) is 24.3 Å². The minimum Gasteiger partial charge on any atom is -0.370 e. The Bertz CT molecular complexity index is 472. The predicted octanol–water partition coefficient (Wildman–Crippen LogP) is 3.07. The second kappa shape index (κ2) is 9.23. The van der Waals surface area contributed by atoms with Crippen molar-refractivity contribution in [3.8, 4) is 0 Å². The number of amides is 1. The molecule has 0 aliphatic carbocycles. The molecule has 0 aromatic heterocycles. The Morgan fingerprint density at radius 3 is 2.64 bits per heavy atom. The molecule has 6 heteroatoms. The molecule has 3 rings (SSSR count). The van der Waals surface area contributed by atoms with E-state index in [4.69, 9.17) is 0 Å². The van der Waals surface area contributed by atoms with Gasteiger partial charge in [-0.3, -0.25) is 4.79 Å². The maximum Gasteiger partial charge on any atom is 0.224 e. The first kappa shape index (κ1) is 19.1. The van der Waals surface area contributed by atoms with Gasteiger partial charge in [0.25, 0.3) is 0 Å². The van der Waals surface area contributed by atoms with Gasteiger partial charge in [0.15, 0.2) is 0 Å². The molecule has 0 radical (unpaired) electrons. The Balaban J connectivity index is 0.00000121. The number of nitrogens with zero attached hydrogens (tertiary/aromatic N) is 1. The van der Waals surface area contributed by atoms with Crippen LogP contribution < -0.4 is 15.5 Å². The van der Waals surface area contributed by atoms with Gasteiger partial charge < -0.3 is 15.5 Å². The summed E-state index contributed by atoms with van der Waals surface area (Å²) in [5.74, 6) is 0.638. The number of anilines is 2. The van der Waals surface area contributed by atoms with E-state index in [0.717, 1.165) is 38.3 Å². The Kier molecular flexibility index (Phi) is 8.01. The first-order valence-electron chi connectivity index (χ1n) is 7.67. The lowest BCUT2D eigenvalue weighted by Crippen LogP contribution is -2.22. The molecule has 1 atom stereocenters. The highest BCUT2D eigenvalue weighted by atomic mass is 35.5. The predicted molar refractivity (Wildman–Crippen MR) is 96.6 cm³/mol. The molecule has 22 heavy (non-hydrogen) atoms. The molecular formula is C16H25Cl2N3O. The van der Waals surface area contributed by atoms with Crippen molar-refractivity contribution < 1.29 is 4.79 Å². The zero-order valence-corrected chi connectivity index (χ0v) is 14.3. The Morgan fingerprint density at radius 1 is 1.23 bits per heavy atom. The van der Waals surface area contributed by atoms with Gasteiger partial charge in [0.2, 0.25) is 5.91 Å². The SMILES string of the molecule is Cl.Cl.O=C(CC1CCNC1)Nc1ccccc1N1CCCC1. The van der Waals surface area contributed by atoms with E-state index in [0.29, 0.717) is 12.3 Å². The minimum absolute atomic E-state index is 0. The summed E-state index contributed by atoms with van der Waals surface area (Å²) >= 11 is 0. The maximum absolute atomic E-state index is 12.2. The molecule has 2 saturated heterocycles. The number of para-hydroxylation sites is 2. The van der Waals surface area contributed by atoms with Crippen LogP contribution in [0.5, 0.6) is 0 Å². The normalized spacial score (nSPS) is 20.2. The summed E-state index contributed by atoms with van der Waals surface area (Å²) < 4.78 is 0. The number of benzene rings is 1. The minimum atomic E-state index is 0. The van der Waals surface area contributed by atoms with Crippen molar-refractivity contribution in [2.45, 2.75) is 25.7 Å². The lowest BCUT2D eigenvalue weighted by atomic mass is 10.0. The van der Waals surface area contributed by atoms with Crippen LogP contribution in [-0.2, 0) is 4.79 Å². The summed E-state index contributed by atoms with van der Waals surface area (Å²) in [6, 6.07) is 8.16. The van der Waals surface area contributed by atoms with Crippen molar-refractivity contribution in [1.29, 1.82) is 0 Å². The summed E-state index contributed by atoms with van der Waals surface area (Å²) in [7, 11) is 0. The highest BCUT2D eigenvalue weighted by molar-refractivity contribution is 5.94. The van der Waals surface area contributed by atoms with Crippen LogP contribution in [0.3, 0.4) is 0 Å². The molecule has 4 nitrogen and oxygen atoms in total. The fourth-order valence-corrected chi connectivity index (χ4v) is 3.17. The van der Waals surface area contributed by atoms with Gasteiger partial charge in [-0.25, -0.2) is 0 Å². The van der Waals surface area contributed by atoms with Crippen molar-refractivity contribution in [3.63, 3.8) is 0 Å². The van der Waals surface area contributed by atoms with Gasteiger partial charge in [-0.15, -0.1) is 24.8 Å². The molecular weight excluding hydrogens is 321 g/mol. The molecule has 0 spiro atoms. The zero-order chi connectivity index (χ0) is 13.8. The maximum atomic E-state index is 12.2. The molecule has 1 unspecified atom stereocenters. The lowest BCUT2D eigenvalue weighted by molar-refractivity contribution is -0.116. The monoisotopic (exact) mass is 345 g/mol. The van der Waals surface area contributed by atoms with Crippen molar-refractivity contribution in [1.82, 2.24) is 5.32 Å². The summed E-state index contributed by atoms with van der Waals surface area (Å²) in [4.78, 5) is 14.5. The van der Waals surface area contributed by atoms with Crippen LogP contribution in [-0.4, -0.2) is 32.1 Å². The molecule has 0 bridgehead atoms. The molecule has 2 aliphatic heterocycles. The average Bonchev–Trinajstić information content (AvgIpc) is 3.11. The van der Waals surface area contributed by atoms with E-state index < -0.39 is 0 Å². The molecule has 1 amide bonds. The number of rotatable bonds is 4. The molecule has 124 valence electrons. The second-order valence-electron chi connectivity index (χ2n) is 5.82. The van der Waals surface area contributed by atoms with Crippen LogP contribution in [0.1, 0.15) is 25.7 Å². The van der Waals surface area contributed by atoms with Crippen molar-refractivity contribution in [2.75, 3.05) is 36.4 Å². The van der Waals surface area contributed by atoms with Gasteiger partial charge in [0.1, 0.15) is 0 Å². The number of carbonyl (C=O) groups is 1. The smallest absolute Gasteiger partial charge is 0.224 e. The number of carbonyl (C=O) groups excluding carboxylic acids is 1. The topological polar surface area (TPSA) is 44.4 Å². The van der Waals surface area contributed by atoms with E-state index in [1.807, 2.05) is 18.2 Å². The first-order valence-corrected chi connectivity index (χ1v) is 7.67. The van der Waals surface area contributed by atoms with E-state index in [2.05, 4.69) is 21.6 Å². The lowest BCUT2D eigenvalue weighted by Gasteiger charge is -2.21. The summed E-state index contributed by atoms with van der Waals surface area (Å²) in [5, 5.41) is 6.42. The standard InChI is InChI=1S/C16H23N3O.2ClH/c20-16(11-13-7-8-17-12-13)18-14-5-1-2-6-15(14)19-9-3-4-10-19;;/h1-2,5-6,13,17H,3-4,7-12H2,(H,18,20);2*1H. The summed E-state index contributed by atoms with van der Waals surface area (Å²) in [5.41, 5.74) is 2.13. The van der Waals surface area contributed by atoms with Crippen LogP contribution >= 0.6 is 24.8 Å². The first-order chi connectivity index (χ1) is 9.83. The van der Waals surface area contributed by atoms with E-state index in [1.165, 1.54) is 18.5 Å². The highest BCUT2D eigenvalue weighted by Crippen LogP contribution is 2.29. The van der Waals surface area contributed by atoms with Gasteiger partial charge in [0, 0.05) is 19.5 Å². The molecule has 2 heterocycles. The van der Waals surface area contributed by atoms with Crippen LogP contribution in [0.2, 0.25) is 0 Å². The second-order valence-corrected chi connectivity index (χ2v) is 5.82. The summed E-state index contributed by atoms with van der Waals surface area (Å²) in [6.45, 7) is 4.21. The molecule has 0 saturated carbocycles. The van der Waals surface area contributed by atoms with E-state index in [1.54, 1.807) is 0 Å². The molecule has 2 aliphatic rings. The van der Waals surface area contributed by atoms with E-state index in [-0.39, 0.29) is 30.7 Å². The third-order valence-corrected chi connectivity index (χ3v) is 4.26. The van der Waals surface area contributed by atoms with Gasteiger partial charge in [-0.2, -0.15) is 0 Å². The van der Waals surface area contributed by atoms with Crippen LogP contribution in [0.4, 0.5) is 11.4 Å². The zero-order valence-electron chi connectivity index (χ0n) is 12.7. The molecule has 1 aromatic rings. The third kappa shape index (κ3) is 4.77. The van der Waals surface area contributed by atoms with Gasteiger partial charge in [-0.1, -0.05) is 12.1 Å². The Labute approximate surface area is 144 Å². The van der Waals surface area contributed by atoms with Gasteiger partial charge in [0.05, 0.1) is 11.4 Å². The van der Waals surface area contributed by atoms with E-state index in [9.17, 15) is 4.79 Å². The number of halogens is 2. The van der Waals surface area contributed by atoms with Crippen LogP contribution in [0.25, 0.3) is 0 Å². The Morgan fingerprint density at radius 2 is 1.95 bits per heavy atom. The number of hydrogen-bond donors (Lipinski definition) is 2. The molecule has 2 fully saturated rings. The highest BCUT2D eigenvalue weighted by Gasteiger charge is 2.20. The Hall–Kier alpha value is -0.970. The fourth-order valence-electron chi connectivity index (χ4n) is 3.17. The van der Waals surface area contributed by atoms with Crippen molar-refractivity contribution in [2.24, 2.45) is 5.92 Å². The largest absolute Gasteiger partial charge is 0.370 e. The molecule has 1 aromatic carbocycles.